The average molecular weight is 507 g/mol. The summed E-state index contributed by atoms with van der Waals surface area (Å²) in [5.74, 6) is 1.61. The first-order valence-electron chi connectivity index (χ1n) is 10.9. The van der Waals surface area contributed by atoms with Crippen LogP contribution in [0.1, 0.15) is 28.8 Å². The van der Waals surface area contributed by atoms with Crippen molar-refractivity contribution in [3.8, 4) is 11.5 Å². The van der Waals surface area contributed by atoms with E-state index in [9.17, 15) is 0 Å². The Hall–Kier alpha value is -3.49. The third-order valence-corrected chi connectivity index (χ3v) is 6.99. The van der Waals surface area contributed by atoms with Crippen LogP contribution in [0.5, 0.6) is 11.5 Å². The summed E-state index contributed by atoms with van der Waals surface area (Å²) in [6, 6.07) is 19.3. The summed E-state index contributed by atoms with van der Waals surface area (Å²) < 4.78 is 29.0. The zero-order chi connectivity index (χ0) is 24.1. The van der Waals surface area contributed by atoms with Crippen molar-refractivity contribution in [2.45, 2.75) is 17.3 Å². The third kappa shape index (κ3) is 3.64. The van der Waals surface area contributed by atoms with Gasteiger partial charge in [-0.2, -0.15) is 4.98 Å². The summed E-state index contributed by atoms with van der Waals surface area (Å²) in [7, 11) is 1.63. The van der Waals surface area contributed by atoms with Crippen LogP contribution in [0.3, 0.4) is 0 Å². The van der Waals surface area contributed by atoms with Gasteiger partial charge in [-0.05, 0) is 48.2 Å². The van der Waals surface area contributed by atoms with Crippen LogP contribution in [0.2, 0.25) is 5.02 Å². The predicted octanol–water partition coefficient (Wildman–Crippen LogP) is 6.36. The molecule has 0 saturated heterocycles. The van der Waals surface area contributed by atoms with Crippen molar-refractivity contribution >= 4 is 35.0 Å². The molecule has 35 heavy (non-hydrogen) atoms. The number of thioether (sulfide) groups is 1. The maximum absolute atomic E-state index is 15.3. The van der Waals surface area contributed by atoms with E-state index in [1.807, 2.05) is 48.7 Å². The minimum Gasteiger partial charge on any atom is -0.497 e. The smallest absolute Gasteiger partial charge is 0.227 e. The summed E-state index contributed by atoms with van der Waals surface area (Å²) in [4.78, 5) is 4.64. The fraction of sp³-hybridized carbons (Fsp3) is 0.154. The molecule has 0 saturated carbocycles. The molecular formula is C26H20ClFN4O2S. The molecule has 0 radical (unpaired) electrons. The van der Waals surface area contributed by atoms with Crippen molar-refractivity contribution in [1.82, 2.24) is 14.8 Å². The van der Waals surface area contributed by atoms with Gasteiger partial charge in [0.2, 0.25) is 11.1 Å². The van der Waals surface area contributed by atoms with Crippen molar-refractivity contribution in [3.63, 3.8) is 0 Å². The number of nitrogens with zero attached hydrogens (tertiary/aromatic N) is 3. The fourth-order valence-electron chi connectivity index (χ4n) is 4.62. The van der Waals surface area contributed by atoms with Gasteiger partial charge in [0.1, 0.15) is 29.5 Å². The molecule has 9 heteroatoms. The maximum Gasteiger partial charge on any atom is 0.227 e. The van der Waals surface area contributed by atoms with E-state index in [1.54, 1.807) is 30.0 Å². The van der Waals surface area contributed by atoms with E-state index in [-0.39, 0.29) is 5.82 Å². The Bertz CT molecular complexity index is 1470. The molecule has 0 bridgehead atoms. The van der Waals surface area contributed by atoms with Crippen LogP contribution in [0, 0.1) is 5.82 Å². The Kier molecular flexibility index (Phi) is 5.42. The van der Waals surface area contributed by atoms with Crippen LogP contribution < -0.4 is 14.8 Å². The molecule has 0 unspecified atom stereocenters. The number of benzene rings is 3. The lowest BCUT2D eigenvalue weighted by atomic mass is 9.84. The molecule has 0 spiro atoms. The lowest BCUT2D eigenvalue weighted by Crippen LogP contribution is -2.32. The average Bonchev–Trinajstić information content (AvgIpc) is 3.31. The number of hydrogen-bond donors (Lipinski definition) is 1. The Labute approximate surface area is 210 Å². The van der Waals surface area contributed by atoms with Gasteiger partial charge in [0.25, 0.3) is 0 Å². The summed E-state index contributed by atoms with van der Waals surface area (Å²) in [5.41, 5.74) is 3.78. The van der Waals surface area contributed by atoms with Gasteiger partial charge in [0.05, 0.1) is 12.8 Å². The number of ether oxygens (including phenoxy) is 2. The minimum absolute atomic E-state index is 0.330. The Morgan fingerprint density at radius 2 is 1.91 bits per heavy atom. The molecule has 176 valence electrons. The normalized spacial score (nSPS) is 18.2. The molecule has 6 rings (SSSR count). The van der Waals surface area contributed by atoms with E-state index in [2.05, 4.69) is 10.3 Å². The highest BCUT2D eigenvalue weighted by Gasteiger charge is 2.42. The quantitative estimate of drug-likeness (QED) is 0.325. The number of halogens is 2. The largest absolute Gasteiger partial charge is 0.497 e. The standard InChI is InChI=1S/C26H20ClFN4O2S/c1-33-16-10-7-14(8-11-16)24-21-22(18-13-15(27)9-12-20(18)34-24)29-25-30-26(35-2)31-32(25)23(21)17-5-3-4-6-19(17)28/h3-13,23-24H,1-2H3,(H,29,30,31)/t23-,24-/m1/s1. The number of anilines is 1. The number of fused-ring (bicyclic) bond motifs is 3. The third-order valence-electron chi connectivity index (χ3n) is 6.22. The second-order valence-electron chi connectivity index (χ2n) is 8.16. The van der Waals surface area contributed by atoms with Gasteiger partial charge in [-0.25, -0.2) is 9.07 Å². The van der Waals surface area contributed by atoms with Gasteiger partial charge in [-0.15, -0.1) is 5.10 Å². The topological polar surface area (TPSA) is 61.2 Å². The highest BCUT2D eigenvalue weighted by atomic mass is 35.5. The number of rotatable bonds is 4. The van der Waals surface area contributed by atoms with Crippen molar-refractivity contribution in [1.29, 1.82) is 0 Å². The van der Waals surface area contributed by atoms with Crippen molar-refractivity contribution in [2.75, 3.05) is 18.7 Å². The molecule has 0 amide bonds. The molecular weight excluding hydrogens is 487 g/mol. The van der Waals surface area contributed by atoms with E-state index in [4.69, 9.17) is 26.2 Å². The lowest BCUT2D eigenvalue weighted by molar-refractivity contribution is 0.222. The molecule has 3 aromatic carbocycles. The van der Waals surface area contributed by atoms with E-state index in [0.29, 0.717) is 27.4 Å². The fourth-order valence-corrected chi connectivity index (χ4v) is 5.14. The number of aromatic nitrogens is 3. The van der Waals surface area contributed by atoms with Crippen LogP contribution in [0.25, 0.3) is 5.70 Å². The molecule has 1 aromatic heterocycles. The Morgan fingerprint density at radius 1 is 1.11 bits per heavy atom. The van der Waals surface area contributed by atoms with E-state index >= 15 is 4.39 Å². The van der Waals surface area contributed by atoms with Gasteiger partial charge in [0.15, 0.2) is 0 Å². The molecule has 2 aliphatic rings. The van der Waals surface area contributed by atoms with Crippen molar-refractivity contribution < 1.29 is 13.9 Å². The van der Waals surface area contributed by atoms with Gasteiger partial charge in [-0.3, -0.25) is 0 Å². The molecule has 4 aromatic rings. The molecule has 2 atom stereocenters. The summed E-state index contributed by atoms with van der Waals surface area (Å²) in [5, 5.41) is 9.30. The van der Waals surface area contributed by atoms with Crippen LogP contribution >= 0.6 is 23.4 Å². The van der Waals surface area contributed by atoms with Crippen molar-refractivity contribution in [3.05, 3.63) is 99.8 Å². The first kappa shape index (κ1) is 22.0. The SMILES string of the molecule is COc1ccc([C@H]2Oc3ccc(Cl)cc3C3=C2[C@@H](c2ccccc2F)n2nc(SC)nc2N3)cc1. The second-order valence-corrected chi connectivity index (χ2v) is 9.37. The summed E-state index contributed by atoms with van der Waals surface area (Å²) >= 11 is 7.81. The van der Waals surface area contributed by atoms with E-state index < -0.39 is 12.1 Å². The second kappa shape index (κ2) is 8.62. The van der Waals surface area contributed by atoms with Crippen LogP contribution in [0.4, 0.5) is 10.3 Å². The molecule has 1 N–H and O–H groups in total. The highest BCUT2D eigenvalue weighted by Crippen LogP contribution is 2.51. The molecule has 2 aliphatic heterocycles. The number of hydrogen-bond acceptors (Lipinski definition) is 6. The zero-order valence-electron chi connectivity index (χ0n) is 18.8. The lowest BCUT2D eigenvalue weighted by Gasteiger charge is -2.39. The van der Waals surface area contributed by atoms with E-state index in [1.165, 1.54) is 17.8 Å². The molecule has 6 nitrogen and oxygen atoms in total. The van der Waals surface area contributed by atoms with Crippen molar-refractivity contribution in [2.24, 2.45) is 0 Å². The number of nitrogens with one attached hydrogen (secondary N) is 1. The Morgan fingerprint density at radius 3 is 2.66 bits per heavy atom. The summed E-state index contributed by atoms with van der Waals surface area (Å²) in [6.07, 6.45) is 1.39. The predicted molar refractivity (Wildman–Crippen MR) is 135 cm³/mol. The van der Waals surface area contributed by atoms with Crippen LogP contribution in [0.15, 0.2) is 77.5 Å². The molecule has 0 fully saturated rings. The van der Waals surface area contributed by atoms with Gasteiger partial charge < -0.3 is 14.8 Å². The van der Waals surface area contributed by atoms with E-state index in [0.717, 1.165) is 28.1 Å². The zero-order valence-corrected chi connectivity index (χ0v) is 20.4. The monoisotopic (exact) mass is 506 g/mol. The summed E-state index contributed by atoms with van der Waals surface area (Å²) in [6.45, 7) is 0. The van der Waals surface area contributed by atoms with Gasteiger partial charge in [-0.1, -0.05) is 53.7 Å². The molecule has 3 heterocycles. The van der Waals surface area contributed by atoms with Gasteiger partial charge in [0, 0.05) is 21.7 Å². The first-order chi connectivity index (χ1) is 17.1. The highest BCUT2D eigenvalue weighted by molar-refractivity contribution is 7.98. The van der Waals surface area contributed by atoms with Crippen LogP contribution in [-0.2, 0) is 0 Å². The van der Waals surface area contributed by atoms with Crippen LogP contribution in [-0.4, -0.2) is 28.1 Å². The maximum atomic E-state index is 15.3. The Balaban J connectivity index is 1.64. The molecule has 0 aliphatic carbocycles. The van der Waals surface area contributed by atoms with Gasteiger partial charge >= 0.3 is 0 Å². The number of methoxy groups -OCH3 is 1. The first-order valence-corrected chi connectivity index (χ1v) is 12.5. The minimum atomic E-state index is -0.588.